The van der Waals surface area contributed by atoms with Crippen LogP contribution in [-0.4, -0.2) is 59.9 Å². The summed E-state index contributed by atoms with van der Waals surface area (Å²) in [6.07, 6.45) is -4.54. The van der Waals surface area contributed by atoms with Crippen LogP contribution < -0.4 is 0 Å². The van der Waals surface area contributed by atoms with Crippen LogP contribution in [0.1, 0.15) is 27.7 Å². The average molecular weight is 308 g/mol. The Hall–Kier alpha value is -0.980. The van der Waals surface area contributed by atoms with Gasteiger partial charge in [0, 0.05) is 19.1 Å². The third-order valence-corrected chi connectivity index (χ3v) is 4.01. The zero-order valence-corrected chi connectivity index (χ0v) is 12.9. The quantitative estimate of drug-likeness (QED) is 0.804. The first-order chi connectivity index (χ1) is 9.52. The van der Waals surface area contributed by atoms with Crippen LogP contribution in [0.4, 0.5) is 18.0 Å². The molecule has 1 aliphatic carbocycles. The summed E-state index contributed by atoms with van der Waals surface area (Å²) in [5.74, 6) is 0.305. The highest BCUT2D eigenvalue weighted by atomic mass is 19.4. The minimum atomic E-state index is -4.17. The first kappa shape index (κ1) is 16.4. The fourth-order valence-electron chi connectivity index (χ4n) is 3.17. The lowest BCUT2D eigenvalue weighted by Crippen LogP contribution is -2.42. The molecule has 3 atom stereocenters. The number of ether oxygens (including phenoxy) is 1. The first-order valence-corrected chi connectivity index (χ1v) is 7.30. The minimum absolute atomic E-state index is 0.0460. The van der Waals surface area contributed by atoms with E-state index >= 15 is 0 Å². The van der Waals surface area contributed by atoms with Crippen molar-refractivity contribution in [1.29, 1.82) is 0 Å². The van der Waals surface area contributed by atoms with Gasteiger partial charge in [-0.15, -0.1) is 0 Å². The fraction of sp³-hybridized carbons (Fsp3) is 0.929. The van der Waals surface area contributed by atoms with E-state index in [0.29, 0.717) is 19.6 Å². The Bertz CT molecular complexity index is 394. The van der Waals surface area contributed by atoms with E-state index < -0.39 is 18.3 Å². The number of rotatable bonds is 3. The second kappa shape index (κ2) is 5.34. The normalized spacial score (nSPS) is 28.8. The molecule has 1 aliphatic heterocycles. The standard InChI is InChI=1S/C14H23F3N2O2/c1-5-18(8-14(15,16)17)11-9-6-19(7-10(9)11)12(20)21-13(2,3)4/h9-11H,5-8H2,1-4H3/t9-,10+,11?. The number of hydrogen-bond acceptors (Lipinski definition) is 3. The van der Waals surface area contributed by atoms with Crippen molar-refractivity contribution < 1.29 is 22.7 Å². The predicted octanol–water partition coefficient (Wildman–Crippen LogP) is 2.74. The summed E-state index contributed by atoms with van der Waals surface area (Å²) in [4.78, 5) is 15.0. The van der Waals surface area contributed by atoms with Gasteiger partial charge in [0.2, 0.25) is 0 Å². The van der Waals surface area contributed by atoms with E-state index in [-0.39, 0.29) is 24.0 Å². The van der Waals surface area contributed by atoms with Crippen molar-refractivity contribution in [1.82, 2.24) is 9.80 Å². The number of halogens is 3. The smallest absolute Gasteiger partial charge is 0.410 e. The number of amides is 1. The maximum Gasteiger partial charge on any atom is 0.410 e. The summed E-state index contributed by atoms with van der Waals surface area (Å²) in [6.45, 7) is 7.64. The predicted molar refractivity (Wildman–Crippen MR) is 71.9 cm³/mol. The van der Waals surface area contributed by atoms with Gasteiger partial charge in [0.1, 0.15) is 5.60 Å². The van der Waals surface area contributed by atoms with Gasteiger partial charge in [-0.3, -0.25) is 4.90 Å². The van der Waals surface area contributed by atoms with Gasteiger partial charge in [0.15, 0.2) is 0 Å². The van der Waals surface area contributed by atoms with Gasteiger partial charge in [-0.1, -0.05) is 6.92 Å². The third kappa shape index (κ3) is 4.02. The van der Waals surface area contributed by atoms with Gasteiger partial charge >= 0.3 is 12.3 Å². The number of nitrogens with zero attached hydrogens (tertiary/aromatic N) is 2. The molecule has 0 spiro atoms. The largest absolute Gasteiger partial charge is 0.444 e. The molecule has 0 aromatic rings. The number of hydrogen-bond donors (Lipinski definition) is 0. The van der Waals surface area contributed by atoms with Crippen LogP contribution in [0.3, 0.4) is 0 Å². The van der Waals surface area contributed by atoms with Crippen molar-refractivity contribution in [2.45, 2.75) is 45.5 Å². The van der Waals surface area contributed by atoms with E-state index in [9.17, 15) is 18.0 Å². The van der Waals surface area contributed by atoms with Gasteiger partial charge in [0.25, 0.3) is 0 Å². The van der Waals surface area contributed by atoms with Crippen LogP contribution >= 0.6 is 0 Å². The average Bonchev–Trinajstić information content (AvgIpc) is 2.77. The summed E-state index contributed by atoms with van der Waals surface area (Å²) < 4.78 is 42.9. The number of likely N-dealkylation sites (tertiary alicyclic amines) is 1. The molecule has 0 N–H and O–H groups in total. The number of piperidine rings is 1. The number of carbonyl (C=O) groups is 1. The van der Waals surface area contributed by atoms with Crippen LogP contribution in [0.5, 0.6) is 0 Å². The number of alkyl halides is 3. The molecule has 21 heavy (non-hydrogen) atoms. The van der Waals surface area contributed by atoms with Gasteiger partial charge < -0.3 is 9.64 Å². The Labute approximate surface area is 123 Å². The molecule has 7 heteroatoms. The molecular formula is C14H23F3N2O2. The lowest BCUT2D eigenvalue weighted by atomic mass is 10.2. The second-order valence-electron chi connectivity index (χ2n) is 6.88. The summed E-state index contributed by atoms with van der Waals surface area (Å²) in [5, 5.41) is 0. The molecule has 4 nitrogen and oxygen atoms in total. The van der Waals surface area contributed by atoms with Crippen molar-refractivity contribution in [3.05, 3.63) is 0 Å². The van der Waals surface area contributed by atoms with Crippen LogP contribution in [0.2, 0.25) is 0 Å². The van der Waals surface area contributed by atoms with Crippen molar-refractivity contribution in [3.8, 4) is 0 Å². The van der Waals surface area contributed by atoms with E-state index in [2.05, 4.69) is 0 Å². The maximum absolute atomic E-state index is 12.5. The zero-order valence-electron chi connectivity index (χ0n) is 12.9. The summed E-state index contributed by atoms with van der Waals surface area (Å²) >= 11 is 0. The molecule has 0 bridgehead atoms. The second-order valence-corrected chi connectivity index (χ2v) is 6.88. The molecule has 0 aromatic carbocycles. The lowest BCUT2D eigenvalue weighted by molar-refractivity contribution is -0.148. The van der Waals surface area contributed by atoms with E-state index in [0.717, 1.165) is 0 Å². The van der Waals surface area contributed by atoms with E-state index in [1.807, 2.05) is 0 Å². The SMILES string of the molecule is CCN(CC(F)(F)F)C1[C@H]2CN(C(=O)OC(C)(C)C)C[C@@H]12. The molecule has 0 radical (unpaired) electrons. The lowest BCUT2D eigenvalue weighted by Gasteiger charge is -2.28. The molecule has 1 amide bonds. The van der Waals surface area contributed by atoms with Crippen molar-refractivity contribution in [3.63, 3.8) is 0 Å². The topological polar surface area (TPSA) is 32.8 Å². The minimum Gasteiger partial charge on any atom is -0.444 e. The van der Waals surface area contributed by atoms with E-state index in [1.165, 1.54) is 4.90 Å². The Morgan fingerprint density at radius 3 is 2.14 bits per heavy atom. The van der Waals surface area contributed by atoms with Gasteiger partial charge in [-0.2, -0.15) is 13.2 Å². The summed E-state index contributed by atoms with van der Waals surface area (Å²) in [6, 6.07) is -0.0460. The molecule has 122 valence electrons. The summed E-state index contributed by atoms with van der Waals surface area (Å²) in [5.41, 5.74) is -0.547. The maximum atomic E-state index is 12.5. The fourth-order valence-corrected chi connectivity index (χ4v) is 3.17. The van der Waals surface area contributed by atoms with Crippen LogP contribution in [-0.2, 0) is 4.74 Å². The summed E-state index contributed by atoms with van der Waals surface area (Å²) in [7, 11) is 0. The van der Waals surface area contributed by atoms with Crippen LogP contribution in [0, 0.1) is 11.8 Å². The molecule has 1 saturated heterocycles. The molecular weight excluding hydrogens is 285 g/mol. The Balaban J connectivity index is 1.85. The number of carbonyl (C=O) groups excluding carboxylic acids is 1. The highest BCUT2D eigenvalue weighted by molar-refractivity contribution is 5.69. The third-order valence-electron chi connectivity index (χ3n) is 4.01. The molecule has 1 saturated carbocycles. The van der Waals surface area contributed by atoms with Gasteiger partial charge in [-0.05, 0) is 39.2 Å². The molecule has 1 heterocycles. The molecule has 2 aliphatic rings. The first-order valence-electron chi connectivity index (χ1n) is 7.30. The highest BCUT2D eigenvalue weighted by Gasteiger charge is 2.60. The van der Waals surface area contributed by atoms with Gasteiger partial charge in [0.05, 0.1) is 6.54 Å². The van der Waals surface area contributed by atoms with Crippen molar-refractivity contribution >= 4 is 6.09 Å². The molecule has 2 fully saturated rings. The Kier molecular flexibility index (Phi) is 4.17. The monoisotopic (exact) mass is 308 g/mol. The highest BCUT2D eigenvalue weighted by Crippen LogP contribution is 2.49. The molecule has 0 aromatic heterocycles. The van der Waals surface area contributed by atoms with Crippen LogP contribution in [0.15, 0.2) is 0 Å². The van der Waals surface area contributed by atoms with Gasteiger partial charge in [-0.25, -0.2) is 4.79 Å². The molecule has 2 rings (SSSR count). The van der Waals surface area contributed by atoms with E-state index in [1.54, 1.807) is 32.6 Å². The Morgan fingerprint density at radius 1 is 1.24 bits per heavy atom. The van der Waals surface area contributed by atoms with Crippen molar-refractivity contribution in [2.75, 3.05) is 26.2 Å². The number of fused-ring (bicyclic) bond motifs is 1. The van der Waals surface area contributed by atoms with Crippen molar-refractivity contribution in [2.24, 2.45) is 11.8 Å². The van der Waals surface area contributed by atoms with E-state index in [4.69, 9.17) is 4.74 Å². The van der Waals surface area contributed by atoms with Crippen LogP contribution in [0.25, 0.3) is 0 Å². The zero-order chi connectivity index (χ0) is 16.0. The molecule has 1 unspecified atom stereocenters. The Morgan fingerprint density at radius 2 is 1.76 bits per heavy atom.